The van der Waals surface area contributed by atoms with Crippen LogP contribution in [0.2, 0.25) is 0 Å². The third kappa shape index (κ3) is 2.72. The van der Waals surface area contributed by atoms with Crippen LogP contribution < -0.4 is 9.64 Å². The highest BCUT2D eigenvalue weighted by Gasteiger charge is 2.18. The summed E-state index contributed by atoms with van der Waals surface area (Å²) in [6.07, 6.45) is 0. The summed E-state index contributed by atoms with van der Waals surface area (Å²) in [6.45, 7) is 4.10. The second kappa shape index (κ2) is 5.87. The van der Waals surface area contributed by atoms with Crippen molar-refractivity contribution in [3.63, 3.8) is 0 Å². The van der Waals surface area contributed by atoms with Gasteiger partial charge in [-0.05, 0) is 32.0 Å². The molecule has 0 bridgehead atoms. The molecule has 0 heterocycles. The lowest BCUT2D eigenvalue weighted by atomic mass is 10.0. The summed E-state index contributed by atoms with van der Waals surface area (Å²) < 4.78 is 5.40. The minimum absolute atomic E-state index is 0.0474. The second-order valence-electron chi connectivity index (χ2n) is 5.02. The molecular formula is C17H21NO2. The topological polar surface area (TPSA) is 32.7 Å². The smallest absolute Gasteiger partial charge is 0.142 e. The molecule has 0 fully saturated rings. The van der Waals surface area contributed by atoms with Gasteiger partial charge in [-0.25, -0.2) is 0 Å². The molecule has 2 rings (SSSR count). The van der Waals surface area contributed by atoms with E-state index in [0.29, 0.717) is 5.75 Å². The van der Waals surface area contributed by atoms with Crippen LogP contribution in [0.25, 0.3) is 0 Å². The summed E-state index contributed by atoms with van der Waals surface area (Å²) in [6, 6.07) is 13.6. The molecule has 0 aliphatic heterocycles. The largest absolute Gasteiger partial charge is 0.508 e. The number of aryl methyl sites for hydroxylation is 1. The van der Waals surface area contributed by atoms with Gasteiger partial charge in [-0.1, -0.05) is 29.8 Å². The SMILES string of the molecule is COc1ccccc1N(C)C(C)c1cc(C)ccc1O. The van der Waals surface area contributed by atoms with Gasteiger partial charge in [0.15, 0.2) is 0 Å². The number of nitrogens with zero attached hydrogens (tertiary/aromatic N) is 1. The van der Waals surface area contributed by atoms with E-state index in [1.807, 2.05) is 50.4 Å². The lowest BCUT2D eigenvalue weighted by Gasteiger charge is -2.29. The molecule has 0 amide bonds. The molecule has 0 spiro atoms. The van der Waals surface area contributed by atoms with Gasteiger partial charge in [-0.15, -0.1) is 0 Å². The van der Waals surface area contributed by atoms with E-state index in [0.717, 1.165) is 22.6 Å². The maximum Gasteiger partial charge on any atom is 0.142 e. The van der Waals surface area contributed by atoms with E-state index >= 15 is 0 Å². The van der Waals surface area contributed by atoms with Crippen molar-refractivity contribution in [2.24, 2.45) is 0 Å². The summed E-state index contributed by atoms with van der Waals surface area (Å²) in [7, 11) is 3.67. The number of phenols is 1. The molecule has 2 aromatic rings. The molecule has 0 aliphatic carbocycles. The summed E-state index contributed by atoms with van der Waals surface area (Å²) >= 11 is 0. The predicted molar refractivity (Wildman–Crippen MR) is 82.7 cm³/mol. The number of methoxy groups -OCH3 is 1. The molecule has 1 unspecified atom stereocenters. The molecule has 3 heteroatoms. The zero-order valence-electron chi connectivity index (χ0n) is 12.4. The molecule has 106 valence electrons. The number of aromatic hydroxyl groups is 1. The highest BCUT2D eigenvalue weighted by atomic mass is 16.5. The van der Waals surface area contributed by atoms with Crippen molar-refractivity contribution < 1.29 is 9.84 Å². The van der Waals surface area contributed by atoms with Crippen molar-refractivity contribution in [1.82, 2.24) is 0 Å². The van der Waals surface area contributed by atoms with Crippen LogP contribution in [0.4, 0.5) is 5.69 Å². The fourth-order valence-electron chi connectivity index (χ4n) is 2.35. The molecule has 1 atom stereocenters. The average molecular weight is 271 g/mol. The van der Waals surface area contributed by atoms with E-state index in [1.54, 1.807) is 13.2 Å². The van der Waals surface area contributed by atoms with Crippen LogP contribution in [0.1, 0.15) is 24.1 Å². The summed E-state index contributed by atoms with van der Waals surface area (Å²) in [5.74, 6) is 1.15. The standard InChI is InChI=1S/C17H21NO2/c1-12-9-10-16(19)14(11-12)13(2)18(3)15-7-5-6-8-17(15)20-4/h5-11,13,19H,1-4H3. The van der Waals surface area contributed by atoms with Crippen LogP contribution in [0.3, 0.4) is 0 Å². The third-order valence-corrected chi connectivity index (χ3v) is 3.68. The van der Waals surface area contributed by atoms with E-state index in [2.05, 4.69) is 11.8 Å². The van der Waals surface area contributed by atoms with Crippen LogP contribution in [0, 0.1) is 6.92 Å². The van der Waals surface area contributed by atoms with Gasteiger partial charge in [0.05, 0.1) is 18.8 Å². The Hall–Kier alpha value is -2.16. The molecule has 2 aromatic carbocycles. The van der Waals surface area contributed by atoms with Crippen molar-refractivity contribution >= 4 is 5.69 Å². The maximum atomic E-state index is 10.1. The first-order chi connectivity index (χ1) is 9.54. The van der Waals surface area contributed by atoms with Gasteiger partial charge in [0.25, 0.3) is 0 Å². The molecule has 0 saturated heterocycles. The number of benzene rings is 2. The van der Waals surface area contributed by atoms with Gasteiger partial charge >= 0.3 is 0 Å². The Kier molecular flexibility index (Phi) is 4.18. The number of hydrogen-bond donors (Lipinski definition) is 1. The summed E-state index contributed by atoms with van der Waals surface area (Å²) in [5.41, 5.74) is 3.06. The fraction of sp³-hybridized carbons (Fsp3) is 0.294. The van der Waals surface area contributed by atoms with Gasteiger partial charge in [0, 0.05) is 12.6 Å². The van der Waals surface area contributed by atoms with Gasteiger partial charge < -0.3 is 14.7 Å². The molecule has 3 nitrogen and oxygen atoms in total. The zero-order chi connectivity index (χ0) is 14.7. The number of hydrogen-bond acceptors (Lipinski definition) is 3. The maximum absolute atomic E-state index is 10.1. The number of ether oxygens (including phenoxy) is 1. The summed E-state index contributed by atoms with van der Waals surface area (Å²) in [5, 5.41) is 10.1. The van der Waals surface area contributed by atoms with Crippen molar-refractivity contribution in [1.29, 1.82) is 0 Å². The minimum atomic E-state index is 0.0474. The van der Waals surface area contributed by atoms with E-state index in [1.165, 1.54) is 0 Å². The normalized spacial score (nSPS) is 12.0. The first kappa shape index (κ1) is 14.3. The van der Waals surface area contributed by atoms with Crippen LogP contribution in [0.5, 0.6) is 11.5 Å². The highest BCUT2D eigenvalue weighted by molar-refractivity contribution is 5.59. The molecule has 0 aromatic heterocycles. The van der Waals surface area contributed by atoms with Crippen molar-refractivity contribution in [2.75, 3.05) is 19.1 Å². The van der Waals surface area contributed by atoms with Crippen molar-refractivity contribution in [3.05, 3.63) is 53.6 Å². The first-order valence-electron chi connectivity index (χ1n) is 6.70. The van der Waals surface area contributed by atoms with Gasteiger partial charge in [0.2, 0.25) is 0 Å². The number of phenolic OH excluding ortho intramolecular Hbond substituents is 1. The molecule has 1 N–H and O–H groups in total. The average Bonchev–Trinajstić information content (AvgIpc) is 2.48. The molecular weight excluding hydrogens is 250 g/mol. The van der Waals surface area contributed by atoms with Crippen molar-refractivity contribution in [2.45, 2.75) is 19.9 Å². The third-order valence-electron chi connectivity index (χ3n) is 3.68. The number of rotatable bonds is 4. The first-order valence-corrected chi connectivity index (χ1v) is 6.70. The summed E-state index contributed by atoms with van der Waals surface area (Å²) in [4.78, 5) is 2.10. The van der Waals surface area contributed by atoms with Gasteiger partial charge in [0.1, 0.15) is 11.5 Å². The predicted octanol–water partition coefficient (Wildman–Crippen LogP) is 3.91. The van der Waals surface area contributed by atoms with Gasteiger partial charge in [-0.2, -0.15) is 0 Å². The van der Waals surface area contributed by atoms with Crippen LogP contribution in [0.15, 0.2) is 42.5 Å². The van der Waals surface area contributed by atoms with Crippen molar-refractivity contribution in [3.8, 4) is 11.5 Å². The Bertz CT molecular complexity index is 595. The Morgan fingerprint density at radius 2 is 1.85 bits per heavy atom. The van der Waals surface area contributed by atoms with E-state index in [9.17, 15) is 5.11 Å². The molecule has 20 heavy (non-hydrogen) atoms. The van der Waals surface area contributed by atoms with Crippen LogP contribution >= 0.6 is 0 Å². The van der Waals surface area contributed by atoms with Gasteiger partial charge in [-0.3, -0.25) is 0 Å². The fourth-order valence-corrected chi connectivity index (χ4v) is 2.35. The number of para-hydroxylation sites is 2. The van der Waals surface area contributed by atoms with E-state index < -0.39 is 0 Å². The van der Waals surface area contributed by atoms with E-state index in [-0.39, 0.29) is 6.04 Å². The highest BCUT2D eigenvalue weighted by Crippen LogP contribution is 2.35. The molecule has 0 aliphatic rings. The zero-order valence-corrected chi connectivity index (χ0v) is 12.4. The monoisotopic (exact) mass is 271 g/mol. The van der Waals surface area contributed by atoms with E-state index in [4.69, 9.17) is 4.74 Å². The van der Waals surface area contributed by atoms with Crippen LogP contribution in [-0.2, 0) is 0 Å². The number of anilines is 1. The van der Waals surface area contributed by atoms with Crippen LogP contribution in [-0.4, -0.2) is 19.3 Å². The Labute approximate surface area is 120 Å². The Morgan fingerprint density at radius 1 is 1.15 bits per heavy atom. The lowest BCUT2D eigenvalue weighted by Crippen LogP contribution is -2.22. The Balaban J connectivity index is 2.37. The second-order valence-corrected chi connectivity index (χ2v) is 5.02. The minimum Gasteiger partial charge on any atom is -0.508 e. The molecule has 0 saturated carbocycles. The lowest BCUT2D eigenvalue weighted by molar-refractivity contribution is 0.413. The molecule has 0 radical (unpaired) electrons. The quantitative estimate of drug-likeness (QED) is 0.915. The Morgan fingerprint density at radius 3 is 2.55 bits per heavy atom.